The minimum atomic E-state index is 0. The van der Waals surface area contributed by atoms with Crippen LogP contribution < -0.4 is 32.0 Å². The molecule has 0 saturated carbocycles. The Morgan fingerprint density at radius 1 is 0.744 bits per heavy atom. The summed E-state index contributed by atoms with van der Waals surface area (Å²) < 4.78 is 11.2. The van der Waals surface area contributed by atoms with Crippen LogP contribution in [0, 0.1) is 7.43 Å². The third kappa shape index (κ3) is 16.2. The molecular formula is C32H48ClN8O2-. The predicted molar refractivity (Wildman–Crippen MR) is 180 cm³/mol. The standard InChI is InChI=1S/C15H20N4O.C11H10ClN3O.C4H11N.CH4.CH3/c1-2-3-9-17-14-13(10-18-15(16)19-14)20-11-12-7-5-4-6-8-12;12-10-9(6-14-11(13)15-10)16-7-8-4-2-1-3-5-8;1-2-3-4-5;;/h4-8,10H,2-3,9,11H2,1H3,(H3,16,17,18,19);1-6H,7H2,(H2,13,14,15);2-5H2,1H3;1H4;1H3/q;;;;-1. The molecule has 2 heterocycles. The predicted octanol–water partition coefficient (Wildman–Crippen LogP) is 6.97. The van der Waals surface area contributed by atoms with Gasteiger partial charge in [0.25, 0.3) is 0 Å². The average Bonchev–Trinajstić information content (AvgIpc) is 2.99. The minimum Gasteiger partial charge on any atom is -0.484 e. The number of unbranched alkanes of at least 4 members (excludes halogenated alkanes) is 2. The molecule has 0 fully saturated rings. The van der Waals surface area contributed by atoms with Crippen molar-refractivity contribution in [1.29, 1.82) is 0 Å². The fourth-order valence-corrected chi connectivity index (χ4v) is 3.32. The number of hydrogen-bond acceptors (Lipinski definition) is 10. The molecule has 0 unspecified atom stereocenters. The zero-order valence-corrected chi connectivity index (χ0v) is 25.6. The first-order valence-corrected chi connectivity index (χ1v) is 14.0. The highest BCUT2D eigenvalue weighted by molar-refractivity contribution is 6.30. The van der Waals surface area contributed by atoms with Crippen molar-refractivity contribution >= 4 is 29.3 Å². The molecule has 236 valence electrons. The minimum absolute atomic E-state index is 0. The van der Waals surface area contributed by atoms with Gasteiger partial charge in [-0.05, 0) is 30.5 Å². The van der Waals surface area contributed by atoms with Gasteiger partial charge in [0.05, 0.1) is 12.4 Å². The molecule has 0 atom stereocenters. The fraction of sp³-hybridized carbons (Fsp3) is 0.344. The first-order valence-electron chi connectivity index (χ1n) is 13.6. The first-order chi connectivity index (χ1) is 20.0. The maximum Gasteiger partial charge on any atom is 0.222 e. The lowest BCUT2D eigenvalue weighted by Gasteiger charge is -2.12. The van der Waals surface area contributed by atoms with E-state index in [9.17, 15) is 0 Å². The molecule has 10 nitrogen and oxygen atoms in total. The average molecular weight is 612 g/mol. The van der Waals surface area contributed by atoms with Gasteiger partial charge >= 0.3 is 0 Å². The van der Waals surface area contributed by atoms with Crippen molar-refractivity contribution in [3.05, 3.63) is 96.8 Å². The third-order valence-corrected chi connectivity index (χ3v) is 5.63. The van der Waals surface area contributed by atoms with Gasteiger partial charge in [-0.25, -0.2) is 9.97 Å². The van der Waals surface area contributed by atoms with Crippen LogP contribution in [-0.4, -0.2) is 33.0 Å². The molecule has 4 rings (SSSR count). The summed E-state index contributed by atoms with van der Waals surface area (Å²) in [5, 5.41) is 3.46. The number of anilines is 3. The van der Waals surface area contributed by atoms with Gasteiger partial charge < -0.3 is 39.4 Å². The van der Waals surface area contributed by atoms with Gasteiger partial charge in [-0.1, -0.05) is 106 Å². The Morgan fingerprint density at radius 3 is 1.70 bits per heavy atom. The Hall–Kier alpha value is -4.15. The van der Waals surface area contributed by atoms with Crippen molar-refractivity contribution in [2.24, 2.45) is 5.73 Å². The summed E-state index contributed by atoms with van der Waals surface area (Å²) in [6.07, 6.45) is 7.65. The third-order valence-electron chi connectivity index (χ3n) is 5.36. The van der Waals surface area contributed by atoms with Gasteiger partial charge in [-0.15, -0.1) is 0 Å². The molecule has 2 aromatic carbocycles. The normalized spacial score (nSPS) is 9.49. The number of aromatic nitrogens is 4. The molecule has 0 radical (unpaired) electrons. The lowest BCUT2D eigenvalue weighted by atomic mass is 10.2. The van der Waals surface area contributed by atoms with E-state index in [1.165, 1.54) is 19.0 Å². The molecule has 0 aliphatic heterocycles. The van der Waals surface area contributed by atoms with Gasteiger partial charge in [-0.2, -0.15) is 9.97 Å². The number of nitrogens with one attached hydrogen (secondary N) is 1. The van der Waals surface area contributed by atoms with E-state index in [0.29, 0.717) is 30.5 Å². The molecule has 0 amide bonds. The van der Waals surface area contributed by atoms with Crippen molar-refractivity contribution in [1.82, 2.24) is 19.9 Å². The number of hydrogen-bond donors (Lipinski definition) is 4. The second-order valence-corrected chi connectivity index (χ2v) is 9.15. The van der Waals surface area contributed by atoms with E-state index in [0.717, 1.165) is 37.1 Å². The molecule has 4 aromatic rings. The van der Waals surface area contributed by atoms with E-state index in [1.54, 1.807) is 6.20 Å². The summed E-state index contributed by atoms with van der Waals surface area (Å²) >= 11 is 5.84. The Labute approximate surface area is 262 Å². The highest BCUT2D eigenvalue weighted by atomic mass is 35.5. The molecule has 0 spiro atoms. The van der Waals surface area contributed by atoms with Gasteiger partial charge in [-0.3, -0.25) is 0 Å². The van der Waals surface area contributed by atoms with Crippen LogP contribution in [0.25, 0.3) is 0 Å². The van der Waals surface area contributed by atoms with Crippen molar-refractivity contribution in [2.75, 3.05) is 29.9 Å². The van der Waals surface area contributed by atoms with Crippen molar-refractivity contribution < 1.29 is 9.47 Å². The van der Waals surface area contributed by atoms with Crippen LogP contribution in [0.2, 0.25) is 5.15 Å². The van der Waals surface area contributed by atoms with Gasteiger partial charge in [0, 0.05) is 6.54 Å². The maximum absolute atomic E-state index is 5.84. The molecule has 43 heavy (non-hydrogen) atoms. The molecule has 0 saturated heterocycles. The molecule has 0 aliphatic carbocycles. The van der Waals surface area contributed by atoms with Gasteiger partial charge in [0.15, 0.2) is 22.5 Å². The topological polar surface area (TPSA) is 160 Å². The quantitative estimate of drug-likeness (QED) is 0.0747. The zero-order chi connectivity index (χ0) is 29.7. The SMILES string of the molecule is C.CCCCN.CCCCNc1nc(N)ncc1OCc1ccccc1.Nc1ncc(OCc2ccccc2)c(Cl)n1.[CH3-]. The van der Waals surface area contributed by atoms with Crippen molar-refractivity contribution in [2.45, 2.75) is 60.2 Å². The fourth-order valence-electron chi connectivity index (χ4n) is 3.13. The first kappa shape index (κ1) is 38.9. The molecule has 0 bridgehead atoms. The number of nitrogen functional groups attached to an aromatic ring is 2. The van der Waals surface area contributed by atoms with Crippen LogP contribution in [0.1, 0.15) is 58.1 Å². The lowest BCUT2D eigenvalue weighted by Crippen LogP contribution is -2.08. The van der Waals surface area contributed by atoms with E-state index in [1.807, 2.05) is 60.7 Å². The number of ether oxygens (including phenoxy) is 2. The van der Waals surface area contributed by atoms with Crippen molar-refractivity contribution in [3.63, 3.8) is 0 Å². The van der Waals surface area contributed by atoms with Gasteiger partial charge in [0.1, 0.15) is 13.2 Å². The molecule has 0 aliphatic rings. The van der Waals surface area contributed by atoms with E-state index < -0.39 is 0 Å². The summed E-state index contributed by atoms with van der Waals surface area (Å²) in [6.45, 7) is 6.87. The highest BCUT2D eigenvalue weighted by Gasteiger charge is 2.07. The molecule has 2 aromatic heterocycles. The number of benzene rings is 2. The van der Waals surface area contributed by atoms with E-state index in [4.69, 9.17) is 38.3 Å². The van der Waals surface area contributed by atoms with Crippen LogP contribution in [0.4, 0.5) is 17.7 Å². The molecule has 11 heteroatoms. The molecular weight excluding hydrogens is 564 g/mol. The number of nitrogens with zero attached hydrogens (tertiary/aromatic N) is 4. The Balaban J connectivity index is 0.000000692. The number of rotatable bonds is 12. The summed E-state index contributed by atoms with van der Waals surface area (Å²) in [5.41, 5.74) is 18.3. The summed E-state index contributed by atoms with van der Waals surface area (Å²) in [7, 11) is 0. The summed E-state index contributed by atoms with van der Waals surface area (Å²) in [4.78, 5) is 15.8. The van der Waals surface area contributed by atoms with E-state index in [2.05, 4.69) is 39.1 Å². The van der Waals surface area contributed by atoms with Crippen LogP contribution in [0.15, 0.2) is 73.1 Å². The largest absolute Gasteiger partial charge is 0.484 e. The smallest absolute Gasteiger partial charge is 0.222 e. The number of nitrogens with two attached hydrogens (primary N) is 3. The maximum atomic E-state index is 5.84. The van der Waals surface area contributed by atoms with E-state index in [-0.39, 0.29) is 31.9 Å². The Bertz CT molecular complexity index is 1250. The Morgan fingerprint density at radius 2 is 1.23 bits per heavy atom. The summed E-state index contributed by atoms with van der Waals surface area (Å²) in [5.74, 6) is 2.09. The van der Waals surface area contributed by atoms with Crippen LogP contribution in [-0.2, 0) is 13.2 Å². The number of halogens is 1. The highest BCUT2D eigenvalue weighted by Crippen LogP contribution is 2.23. The monoisotopic (exact) mass is 611 g/mol. The van der Waals surface area contributed by atoms with Crippen molar-refractivity contribution in [3.8, 4) is 11.5 Å². The Kier molecular flexibility index (Phi) is 21.2. The summed E-state index contributed by atoms with van der Waals surface area (Å²) in [6, 6.07) is 19.7. The van der Waals surface area contributed by atoms with Crippen LogP contribution in [0.5, 0.6) is 11.5 Å². The second kappa shape index (κ2) is 23.4. The van der Waals surface area contributed by atoms with Gasteiger partial charge in [0.2, 0.25) is 11.9 Å². The molecule has 7 N–H and O–H groups in total. The lowest BCUT2D eigenvalue weighted by molar-refractivity contribution is 0.304. The van der Waals surface area contributed by atoms with E-state index >= 15 is 0 Å². The van der Waals surface area contributed by atoms with Crippen LogP contribution in [0.3, 0.4) is 0 Å². The second-order valence-electron chi connectivity index (χ2n) is 8.80. The zero-order valence-electron chi connectivity index (χ0n) is 24.8. The van der Waals surface area contributed by atoms with Crippen LogP contribution >= 0.6 is 11.6 Å².